The first kappa shape index (κ1) is 13.8. The zero-order valence-corrected chi connectivity index (χ0v) is 12.2. The Kier molecular flexibility index (Phi) is 3.46. The SMILES string of the molecule is Cc1nn(C)cc1Cn1cc(S(=O)(=O)N(C)C)cn1. The predicted octanol–water partition coefficient (Wildman–Crippen LogP) is 0.224. The van der Waals surface area contributed by atoms with Gasteiger partial charge in [0.1, 0.15) is 4.90 Å². The van der Waals surface area contributed by atoms with E-state index >= 15 is 0 Å². The van der Waals surface area contributed by atoms with Crippen LogP contribution in [0.25, 0.3) is 0 Å². The highest BCUT2D eigenvalue weighted by molar-refractivity contribution is 7.89. The molecular formula is C11H17N5O2S. The van der Waals surface area contributed by atoms with E-state index in [9.17, 15) is 8.42 Å². The summed E-state index contributed by atoms with van der Waals surface area (Å²) in [6.07, 6.45) is 4.79. The van der Waals surface area contributed by atoms with Crippen LogP contribution in [0.1, 0.15) is 11.3 Å². The Hall–Kier alpha value is -1.67. The second-order valence-corrected chi connectivity index (χ2v) is 6.73. The van der Waals surface area contributed by atoms with Gasteiger partial charge in [-0.1, -0.05) is 0 Å². The molecular weight excluding hydrogens is 266 g/mol. The molecule has 0 saturated carbocycles. The smallest absolute Gasteiger partial charge is 0.245 e. The molecule has 7 nitrogen and oxygen atoms in total. The van der Waals surface area contributed by atoms with Gasteiger partial charge in [0.05, 0.1) is 18.4 Å². The maximum absolute atomic E-state index is 11.9. The number of nitrogens with zero attached hydrogens (tertiary/aromatic N) is 5. The Morgan fingerprint density at radius 2 is 2.00 bits per heavy atom. The molecule has 0 atom stereocenters. The molecule has 0 aliphatic rings. The van der Waals surface area contributed by atoms with Crippen molar-refractivity contribution in [2.45, 2.75) is 18.4 Å². The Morgan fingerprint density at radius 1 is 1.32 bits per heavy atom. The molecule has 0 N–H and O–H groups in total. The van der Waals surface area contributed by atoms with E-state index in [2.05, 4.69) is 10.2 Å². The molecule has 0 unspecified atom stereocenters. The minimum Gasteiger partial charge on any atom is -0.275 e. The number of hydrogen-bond donors (Lipinski definition) is 0. The minimum absolute atomic E-state index is 0.194. The highest BCUT2D eigenvalue weighted by atomic mass is 32.2. The number of aryl methyl sites for hydroxylation is 2. The van der Waals surface area contributed by atoms with Gasteiger partial charge in [0, 0.05) is 39.1 Å². The minimum atomic E-state index is -3.42. The molecule has 0 spiro atoms. The molecule has 2 rings (SSSR count). The fourth-order valence-electron chi connectivity index (χ4n) is 1.75. The van der Waals surface area contributed by atoms with E-state index in [0.29, 0.717) is 6.54 Å². The lowest BCUT2D eigenvalue weighted by molar-refractivity contribution is 0.520. The average Bonchev–Trinajstić information content (AvgIpc) is 2.87. The van der Waals surface area contributed by atoms with Crippen molar-refractivity contribution in [2.24, 2.45) is 7.05 Å². The number of sulfonamides is 1. The lowest BCUT2D eigenvalue weighted by atomic mass is 10.3. The fraction of sp³-hybridized carbons (Fsp3) is 0.455. The molecule has 2 aromatic heterocycles. The van der Waals surface area contributed by atoms with Crippen molar-refractivity contribution >= 4 is 10.0 Å². The van der Waals surface area contributed by atoms with Gasteiger partial charge in [0.25, 0.3) is 0 Å². The first-order valence-corrected chi connectivity index (χ1v) is 7.19. The molecule has 0 amide bonds. The fourth-order valence-corrected chi connectivity index (χ4v) is 2.61. The van der Waals surface area contributed by atoms with Crippen LogP contribution in [0.2, 0.25) is 0 Å². The topological polar surface area (TPSA) is 73.0 Å². The summed E-state index contributed by atoms with van der Waals surface area (Å²) in [7, 11) is 1.42. The van der Waals surface area contributed by atoms with Crippen molar-refractivity contribution < 1.29 is 8.42 Å². The molecule has 8 heteroatoms. The quantitative estimate of drug-likeness (QED) is 0.805. The molecule has 0 aliphatic carbocycles. The standard InChI is InChI=1S/C11H17N5O2S/c1-9-10(6-15(4)13-9)7-16-8-11(5-12-16)19(17,18)14(2)3/h5-6,8H,7H2,1-4H3. The molecule has 0 aliphatic heterocycles. The third kappa shape index (κ3) is 2.69. The van der Waals surface area contributed by atoms with Crippen molar-refractivity contribution in [1.29, 1.82) is 0 Å². The second-order valence-electron chi connectivity index (χ2n) is 4.57. The Bertz CT molecular complexity index is 684. The molecule has 0 aromatic carbocycles. The van der Waals surface area contributed by atoms with Crippen molar-refractivity contribution in [3.63, 3.8) is 0 Å². The molecule has 0 fully saturated rings. The van der Waals surface area contributed by atoms with Gasteiger partial charge in [-0.15, -0.1) is 0 Å². The molecule has 0 radical (unpaired) electrons. The molecule has 0 saturated heterocycles. The van der Waals surface area contributed by atoms with Crippen LogP contribution in [0, 0.1) is 6.92 Å². The van der Waals surface area contributed by atoms with E-state index in [1.165, 1.54) is 30.8 Å². The summed E-state index contributed by atoms with van der Waals surface area (Å²) in [6.45, 7) is 2.42. The van der Waals surface area contributed by atoms with Gasteiger partial charge < -0.3 is 0 Å². The van der Waals surface area contributed by atoms with Crippen molar-refractivity contribution in [3.05, 3.63) is 29.8 Å². The third-order valence-corrected chi connectivity index (χ3v) is 4.60. The zero-order valence-electron chi connectivity index (χ0n) is 11.4. The maximum atomic E-state index is 11.9. The first-order valence-electron chi connectivity index (χ1n) is 5.75. The number of aromatic nitrogens is 4. The van der Waals surface area contributed by atoms with E-state index in [1.54, 1.807) is 9.36 Å². The van der Waals surface area contributed by atoms with Crippen LogP contribution >= 0.6 is 0 Å². The molecule has 2 aromatic rings. The summed E-state index contributed by atoms with van der Waals surface area (Å²) in [4.78, 5) is 0.194. The van der Waals surface area contributed by atoms with Gasteiger partial charge >= 0.3 is 0 Å². The monoisotopic (exact) mass is 283 g/mol. The third-order valence-electron chi connectivity index (χ3n) is 2.84. The summed E-state index contributed by atoms with van der Waals surface area (Å²) >= 11 is 0. The largest absolute Gasteiger partial charge is 0.275 e. The number of hydrogen-bond acceptors (Lipinski definition) is 4. The van der Waals surface area contributed by atoms with Crippen molar-refractivity contribution in [1.82, 2.24) is 23.9 Å². The maximum Gasteiger partial charge on any atom is 0.245 e. The summed E-state index contributed by atoms with van der Waals surface area (Å²) in [5.41, 5.74) is 1.93. The van der Waals surface area contributed by atoms with E-state index < -0.39 is 10.0 Å². The lowest BCUT2D eigenvalue weighted by Gasteiger charge is -2.08. The molecule has 19 heavy (non-hydrogen) atoms. The summed E-state index contributed by atoms with van der Waals surface area (Å²) in [6, 6.07) is 0. The normalized spacial score (nSPS) is 12.3. The van der Waals surface area contributed by atoms with E-state index in [1.807, 2.05) is 20.2 Å². The molecule has 2 heterocycles. The van der Waals surface area contributed by atoms with Crippen LogP contribution in [-0.2, 0) is 23.6 Å². The van der Waals surface area contributed by atoms with E-state index in [4.69, 9.17) is 0 Å². The van der Waals surface area contributed by atoms with Gasteiger partial charge in [-0.25, -0.2) is 12.7 Å². The van der Waals surface area contributed by atoms with Crippen LogP contribution in [-0.4, -0.2) is 46.4 Å². The Balaban J connectivity index is 2.26. The molecule has 0 bridgehead atoms. The number of rotatable bonds is 4. The first-order chi connectivity index (χ1) is 8.80. The summed E-state index contributed by atoms with van der Waals surface area (Å²) in [5.74, 6) is 0. The molecule has 104 valence electrons. The van der Waals surface area contributed by atoms with Gasteiger partial charge in [-0.05, 0) is 6.92 Å². The zero-order chi connectivity index (χ0) is 14.2. The lowest BCUT2D eigenvalue weighted by Crippen LogP contribution is -2.21. The van der Waals surface area contributed by atoms with Crippen LogP contribution in [0.15, 0.2) is 23.5 Å². The summed E-state index contributed by atoms with van der Waals surface area (Å²) in [5, 5.41) is 8.32. The van der Waals surface area contributed by atoms with Crippen molar-refractivity contribution in [3.8, 4) is 0 Å². The van der Waals surface area contributed by atoms with Gasteiger partial charge in [-0.2, -0.15) is 10.2 Å². The second kappa shape index (κ2) is 4.78. The van der Waals surface area contributed by atoms with Crippen LogP contribution in [0.3, 0.4) is 0 Å². The summed E-state index contributed by atoms with van der Waals surface area (Å²) < 4.78 is 28.3. The van der Waals surface area contributed by atoms with Crippen LogP contribution < -0.4 is 0 Å². The van der Waals surface area contributed by atoms with Crippen LogP contribution in [0.4, 0.5) is 0 Å². The highest BCUT2D eigenvalue weighted by Crippen LogP contribution is 2.13. The van der Waals surface area contributed by atoms with Crippen LogP contribution in [0.5, 0.6) is 0 Å². The van der Waals surface area contributed by atoms with E-state index in [0.717, 1.165) is 11.3 Å². The van der Waals surface area contributed by atoms with Gasteiger partial charge in [0.2, 0.25) is 10.0 Å². The highest BCUT2D eigenvalue weighted by Gasteiger charge is 2.19. The average molecular weight is 283 g/mol. The predicted molar refractivity (Wildman–Crippen MR) is 70.1 cm³/mol. The van der Waals surface area contributed by atoms with Gasteiger partial charge in [-0.3, -0.25) is 9.36 Å². The van der Waals surface area contributed by atoms with Gasteiger partial charge in [0.15, 0.2) is 0 Å². The van der Waals surface area contributed by atoms with Crippen molar-refractivity contribution in [2.75, 3.05) is 14.1 Å². The Labute approximate surface area is 112 Å². The Morgan fingerprint density at radius 3 is 2.53 bits per heavy atom. The van der Waals surface area contributed by atoms with E-state index in [-0.39, 0.29) is 4.90 Å².